The Hall–Kier alpha value is -1.71. The molecule has 1 aromatic heterocycles. The van der Waals surface area contributed by atoms with E-state index < -0.39 is 0 Å². The van der Waals surface area contributed by atoms with Crippen molar-refractivity contribution in [2.45, 2.75) is 38.5 Å². The van der Waals surface area contributed by atoms with Crippen LogP contribution in [0.2, 0.25) is 0 Å². The highest BCUT2D eigenvalue weighted by molar-refractivity contribution is 5.19. The van der Waals surface area contributed by atoms with E-state index in [0.717, 1.165) is 31.2 Å². The molecular weight excluding hydrogens is 284 g/mol. The zero-order valence-electron chi connectivity index (χ0n) is 13.7. The van der Waals surface area contributed by atoms with Gasteiger partial charge in [0.1, 0.15) is 0 Å². The third-order valence-electron chi connectivity index (χ3n) is 4.88. The van der Waals surface area contributed by atoms with Crippen molar-refractivity contribution < 1.29 is 4.74 Å². The van der Waals surface area contributed by atoms with E-state index in [9.17, 15) is 0 Å². The minimum absolute atomic E-state index is 0.181. The van der Waals surface area contributed by atoms with Gasteiger partial charge in [-0.25, -0.2) is 0 Å². The van der Waals surface area contributed by atoms with E-state index in [1.54, 1.807) is 0 Å². The van der Waals surface area contributed by atoms with Crippen molar-refractivity contribution >= 4 is 0 Å². The highest BCUT2D eigenvalue weighted by Gasteiger charge is 2.38. The molecule has 3 nitrogen and oxygen atoms in total. The average Bonchev–Trinajstić information content (AvgIpc) is 3.43. The molecule has 1 saturated heterocycles. The minimum atomic E-state index is 0.181. The second-order valence-electron chi connectivity index (χ2n) is 6.93. The first kappa shape index (κ1) is 14.9. The maximum absolute atomic E-state index is 6.42. The van der Waals surface area contributed by atoms with Gasteiger partial charge in [-0.3, -0.25) is 9.88 Å². The first-order chi connectivity index (χ1) is 11.3. The van der Waals surface area contributed by atoms with Crippen LogP contribution in [0.5, 0.6) is 0 Å². The minimum Gasteiger partial charge on any atom is -0.367 e. The van der Waals surface area contributed by atoms with Crippen molar-refractivity contribution in [2.24, 2.45) is 5.92 Å². The zero-order valence-corrected chi connectivity index (χ0v) is 13.7. The average molecular weight is 308 g/mol. The van der Waals surface area contributed by atoms with Gasteiger partial charge >= 0.3 is 0 Å². The van der Waals surface area contributed by atoms with Crippen LogP contribution in [-0.4, -0.2) is 29.1 Å². The van der Waals surface area contributed by atoms with Crippen LogP contribution in [0.25, 0.3) is 0 Å². The van der Waals surface area contributed by atoms with Gasteiger partial charge in [-0.1, -0.05) is 36.4 Å². The highest BCUT2D eigenvalue weighted by atomic mass is 16.5. The van der Waals surface area contributed by atoms with E-state index in [0.29, 0.717) is 6.10 Å². The van der Waals surface area contributed by atoms with E-state index in [4.69, 9.17) is 4.74 Å². The molecule has 4 rings (SSSR count). The molecule has 0 spiro atoms. The van der Waals surface area contributed by atoms with E-state index in [2.05, 4.69) is 59.3 Å². The Balaban J connectivity index is 1.50. The normalized spacial score (nSPS) is 25.4. The Bertz CT molecular complexity index is 636. The number of aryl methyl sites for hydroxylation is 1. The van der Waals surface area contributed by atoms with Crippen molar-refractivity contribution in [1.29, 1.82) is 0 Å². The number of ether oxygens (including phenoxy) is 1. The summed E-state index contributed by atoms with van der Waals surface area (Å²) in [5, 5.41) is 0. The quantitative estimate of drug-likeness (QED) is 0.860. The summed E-state index contributed by atoms with van der Waals surface area (Å²) in [5.41, 5.74) is 3.66. The molecule has 0 amide bonds. The van der Waals surface area contributed by atoms with Gasteiger partial charge in [0.05, 0.1) is 17.9 Å². The van der Waals surface area contributed by atoms with Crippen LogP contribution in [0.15, 0.2) is 48.7 Å². The zero-order chi connectivity index (χ0) is 15.6. The molecule has 1 aromatic carbocycles. The van der Waals surface area contributed by atoms with Crippen LogP contribution < -0.4 is 0 Å². The van der Waals surface area contributed by atoms with Crippen LogP contribution in [0.1, 0.15) is 35.8 Å². The fourth-order valence-electron chi connectivity index (χ4n) is 3.39. The summed E-state index contributed by atoms with van der Waals surface area (Å²) in [6.07, 6.45) is 5.16. The summed E-state index contributed by atoms with van der Waals surface area (Å²) in [7, 11) is 0. The Morgan fingerprint density at radius 2 is 1.91 bits per heavy atom. The molecular formula is C20H24N2O. The molecule has 0 bridgehead atoms. The fraction of sp³-hybridized carbons (Fsp3) is 0.450. The summed E-state index contributed by atoms with van der Waals surface area (Å²) < 4.78 is 6.42. The third kappa shape index (κ3) is 3.62. The molecule has 23 heavy (non-hydrogen) atoms. The maximum Gasteiger partial charge on any atom is 0.0956 e. The number of rotatable bonds is 4. The molecule has 3 heteroatoms. The fourth-order valence-corrected chi connectivity index (χ4v) is 3.39. The lowest BCUT2D eigenvalue weighted by Crippen LogP contribution is -2.44. The molecule has 2 aliphatic rings. The Morgan fingerprint density at radius 1 is 1.09 bits per heavy atom. The summed E-state index contributed by atoms with van der Waals surface area (Å²) >= 11 is 0. The maximum atomic E-state index is 6.42. The van der Waals surface area contributed by atoms with Gasteiger partial charge in [-0.05, 0) is 42.9 Å². The highest BCUT2D eigenvalue weighted by Crippen LogP contribution is 2.39. The summed E-state index contributed by atoms with van der Waals surface area (Å²) in [6, 6.07) is 14.9. The van der Waals surface area contributed by atoms with Gasteiger partial charge in [0.25, 0.3) is 0 Å². The van der Waals surface area contributed by atoms with E-state index in [1.165, 1.54) is 24.0 Å². The van der Waals surface area contributed by atoms with Crippen molar-refractivity contribution in [2.75, 3.05) is 13.1 Å². The van der Waals surface area contributed by atoms with Crippen LogP contribution in [0, 0.1) is 12.8 Å². The number of aromatic nitrogens is 1. The molecule has 2 fully saturated rings. The van der Waals surface area contributed by atoms with Gasteiger partial charge in [0.2, 0.25) is 0 Å². The van der Waals surface area contributed by atoms with Crippen molar-refractivity contribution in [1.82, 2.24) is 9.88 Å². The number of benzene rings is 1. The summed E-state index contributed by atoms with van der Waals surface area (Å²) in [5.74, 6) is 0.759. The second-order valence-corrected chi connectivity index (χ2v) is 6.93. The van der Waals surface area contributed by atoms with Crippen LogP contribution in [-0.2, 0) is 11.3 Å². The van der Waals surface area contributed by atoms with Crippen molar-refractivity contribution in [3.05, 3.63) is 65.5 Å². The molecule has 2 atom stereocenters. The monoisotopic (exact) mass is 308 g/mol. The lowest BCUT2D eigenvalue weighted by Gasteiger charge is -2.38. The largest absolute Gasteiger partial charge is 0.367 e. The van der Waals surface area contributed by atoms with Gasteiger partial charge in [-0.15, -0.1) is 0 Å². The predicted octanol–water partition coefficient (Wildman–Crippen LogP) is 3.74. The lowest BCUT2D eigenvalue weighted by molar-refractivity contribution is -0.0988. The Labute approximate surface area is 138 Å². The predicted molar refractivity (Wildman–Crippen MR) is 91.0 cm³/mol. The van der Waals surface area contributed by atoms with Gasteiger partial charge in [-0.2, -0.15) is 0 Å². The van der Waals surface area contributed by atoms with Crippen LogP contribution in [0.3, 0.4) is 0 Å². The molecule has 0 N–H and O–H groups in total. The number of hydrogen-bond donors (Lipinski definition) is 0. The molecule has 120 valence electrons. The van der Waals surface area contributed by atoms with E-state index >= 15 is 0 Å². The van der Waals surface area contributed by atoms with Crippen LogP contribution in [0.4, 0.5) is 0 Å². The van der Waals surface area contributed by atoms with Gasteiger partial charge < -0.3 is 4.74 Å². The SMILES string of the molecule is Cc1ccc(CN2C[C@@H](c3ccccc3)O[C@@H](C3CC3)C2)nc1. The number of nitrogens with zero attached hydrogens (tertiary/aromatic N) is 2. The third-order valence-corrected chi connectivity index (χ3v) is 4.88. The molecule has 1 aliphatic heterocycles. The van der Waals surface area contributed by atoms with Gasteiger partial charge in [0, 0.05) is 25.8 Å². The lowest BCUT2D eigenvalue weighted by atomic mass is 10.0. The molecule has 2 aromatic rings. The smallest absolute Gasteiger partial charge is 0.0956 e. The first-order valence-corrected chi connectivity index (χ1v) is 8.62. The van der Waals surface area contributed by atoms with Crippen LogP contribution >= 0.6 is 0 Å². The van der Waals surface area contributed by atoms with Crippen molar-refractivity contribution in [3.63, 3.8) is 0 Å². The van der Waals surface area contributed by atoms with E-state index in [1.807, 2.05) is 6.20 Å². The molecule has 1 aliphatic carbocycles. The first-order valence-electron chi connectivity index (χ1n) is 8.62. The number of hydrogen-bond acceptors (Lipinski definition) is 3. The Kier molecular flexibility index (Phi) is 4.15. The molecule has 0 radical (unpaired) electrons. The number of morpholine rings is 1. The van der Waals surface area contributed by atoms with Crippen molar-refractivity contribution in [3.8, 4) is 0 Å². The molecule has 0 unspecified atom stereocenters. The number of pyridine rings is 1. The van der Waals surface area contributed by atoms with E-state index in [-0.39, 0.29) is 6.10 Å². The summed E-state index contributed by atoms with van der Waals surface area (Å²) in [6.45, 7) is 4.97. The Morgan fingerprint density at radius 3 is 2.61 bits per heavy atom. The van der Waals surface area contributed by atoms with Gasteiger partial charge in [0.15, 0.2) is 0 Å². The topological polar surface area (TPSA) is 25.4 Å². The second kappa shape index (κ2) is 6.42. The summed E-state index contributed by atoms with van der Waals surface area (Å²) in [4.78, 5) is 7.09. The molecule has 2 heterocycles. The molecule has 1 saturated carbocycles. The standard InChI is InChI=1S/C20H24N2O/c1-15-7-10-18(21-11-15)12-22-13-19(16-5-3-2-4-6-16)23-20(14-22)17-8-9-17/h2-7,10-11,17,19-20H,8-9,12-14H2,1H3/t19-,20+/m0/s1.